The number of carbonyl (C=O) groups excluding carboxylic acids is 1. The molecule has 1 atom stereocenters. The maximum absolute atomic E-state index is 10.5. The van der Waals surface area contributed by atoms with E-state index in [9.17, 15) is 4.79 Å². The minimum absolute atomic E-state index is 0.0529. The maximum atomic E-state index is 10.5. The highest BCUT2D eigenvalue weighted by atomic mass is 16.7. The Morgan fingerprint density at radius 3 is 2.64 bits per heavy atom. The van der Waals surface area contributed by atoms with Gasteiger partial charge in [-0.1, -0.05) is 0 Å². The summed E-state index contributed by atoms with van der Waals surface area (Å²) in [5, 5.41) is 2.61. The zero-order valence-corrected chi connectivity index (χ0v) is 8.71. The van der Waals surface area contributed by atoms with Gasteiger partial charge in [0.2, 0.25) is 5.91 Å². The fourth-order valence-corrected chi connectivity index (χ4v) is 1.49. The Hall–Kier alpha value is -0.610. The van der Waals surface area contributed by atoms with Gasteiger partial charge in [-0.05, 0) is 20.3 Å². The van der Waals surface area contributed by atoms with Crippen LogP contribution in [0, 0.1) is 6.92 Å². The molecule has 1 aliphatic heterocycles. The molecule has 4 nitrogen and oxygen atoms in total. The SMILES string of the molecule is [CH]C(=O)NC(C)CCC1(C)OCCO1. The lowest BCUT2D eigenvalue weighted by atomic mass is 10.1. The molecule has 0 spiro atoms. The van der Waals surface area contributed by atoms with Crippen LogP contribution in [0.4, 0.5) is 0 Å². The van der Waals surface area contributed by atoms with Crippen LogP contribution in [0.1, 0.15) is 26.7 Å². The molecule has 1 rings (SSSR count). The number of nitrogens with one attached hydrogen (secondary N) is 1. The number of carbonyl (C=O) groups is 1. The van der Waals surface area contributed by atoms with E-state index in [2.05, 4.69) is 5.32 Å². The summed E-state index contributed by atoms with van der Waals surface area (Å²) in [6, 6.07) is 0.0529. The first-order valence-corrected chi connectivity index (χ1v) is 4.86. The second-order valence-electron chi connectivity index (χ2n) is 3.78. The van der Waals surface area contributed by atoms with Crippen molar-refractivity contribution in [3.8, 4) is 0 Å². The normalized spacial score (nSPS) is 21.9. The van der Waals surface area contributed by atoms with Crippen LogP contribution in [-0.2, 0) is 14.3 Å². The monoisotopic (exact) mass is 199 g/mol. The van der Waals surface area contributed by atoms with Gasteiger partial charge < -0.3 is 14.8 Å². The fraction of sp³-hybridized carbons (Fsp3) is 0.800. The zero-order valence-electron chi connectivity index (χ0n) is 8.71. The van der Waals surface area contributed by atoms with Crippen LogP contribution >= 0.6 is 0 Å². The number of rotatable bonds is 4. The molecule has 0 aliphatic carbocycles. The lowest BCUT2D eigenvalue weighted by Crippen LogP contribution is -2.34. The molecule has 1 aliphatic rings. The largest absolute Gasteiger partial charge is 0.353 e. The molecule has 0 aromatic carbocycles. The van der Waals surface area contributed by atoms with E-state index in [4.69, 9.17) is 16.4 Å². The highest BCUT2D eigenvalue weighted by molar-refractivity contribution is 5.80. The van der Waals surface area contributed by atoms with Crippen molar-refractivity contribution in [2.45, 2.75) is 38.5 Å². The second-order valence-corrected chi connectivity index (χ2v) is 3.78. The van der Waals surface area contributed by atoms with Crippen LogP contribution < -0.4 is 5.32 Å². The summed E-state index contributed by atoms with van der Waals surface area (Å²) >= 11 is 0. The van der Waals surface area contributed by atoms with Gasteiger partial charge in [0, 0.05) is 12.5 Å². The van der Waals surface area contributed by atoms with Gasteiger partial charge >= 0.3 is 0 Å². The van der Waals surface area contributed by atoms with Crippen LogP contribution in [0.3, 0.4) is 0 Å². The molecule has 1 N–H and O–H groups in total. The van der Waals surface area contributed by atoms with Gasteiger partial charge in [0.05, 0.1) is 20.1 Å². The van der Waals surface area contributed by atoms with Crippen LogP contribution in [0.2, 0.25) is 0 Å². The molecule has 1 amide bonds. The van der Waals surface area contributed by atoms with Gasteiger partial charge in [0.25, 0.3) is 0 Å². The topological polar surface area (TPSA) is 47.6 Å². The average Bonchev–Trinajstić information content (AvgIpc) is 2.49. The molecule has 1 unspecified atom stereocenters. The quantitative estimate of drug-likeness (QED) is 0.726. The molecule has 1 fully saturated rings. The van der Waals surface area contributed by atoms with Crippen molar-refractivity contribution >= 4 is 5.91 Å². The van der Waals surface area contributed by atoms with E-state index in [1.165, 1.54) is 0 Å². The molecule has 1 heterocycles. The lowest BCUT2D eigenvalue weighted by molar-refractivity contribution is -0.148. The Balaban J connectivity index is 2.22. The van der Waals surface area contributed by atoms with Crippen molar-refractivity contribution in [3.63, 3.8) is 0 Å². The highest BCUT2D eigenvalue weighted by Gasteiger charge is 2.30. The fourth-order valence-electron chi connectivity index (χ4n) is 1.49. The molecule has 14 heavy (non-hydrogen) atoms. The van der Waals surface area contributed by atoms with Crippen molar-refractivity contribution in [1.82, 2.24) is 5.32 Å². The summed E-state index contributed by atoms with van der Waals surface area (Å²) < 4.78 is 10.9. The number of amides is 1. The predicted octanol–water partition coefficient (Wildman–Crippen LogP) is 0.745. The summed E-state index contributed by atoms with van der Waals surface area (Å²) in [4.78, 5) is 10.5. The summed E-state index contributed by atoms with van der Waals surface area (Å²) in [5.41, 5.74) is 0. The number of ether oxygens (including phenoxy) is 2. The van der Waals surface area contributed by atoms with E-state index in [0.29, 0.717) is 13.2 Å². The molecular formula is C10H17NO3. The first-order valence-electron chi connectivity index (χ1n) is 4.86. The minimum atomic E-state index is -0.490. The van der Waals surface area contributed by atoms with Crippen LogP contribution in [0.25, 0.3) is 0 Å². The first-order chi connectivity index (χ1) is 6.52. The maximum Gasteiger partial charge on any atom is 0.224 e. The van der Waals surface area contributed by atoms with E-state index >= 15 is 0 Å². The zero-order chi connectivity index (χ0) is 10.6. The van der Waals surface area contributed by atoms with Crippen molar-refractivity contribution in [3.05, 3.63) is 6.92 Å². The van der Waals surface area contributed by atoms with Gasteiger partial charge in [-0.3, -0.25) is 4.79 Å². The molecule has 2 radical (unpaired) electrons. The third-order valence-electron chi connectivity index (χ3n) is 2.32. The van der Waals surface area contributed by atoms with E-state index in [0.717, 1.165) is 12.8 Å². The summed E-state index contributed by atoms with van der Waals surface area (Å²) in [7, 11) is 0. The highest BCUT2D eigenvalue weighted by Crippen LogP contribution is 2.24. The van der Waals surface area contributed by atoms with Gasteiger partial charge in [-0.2, -0.15) is 0 Å². The Kier molecular flexibility index (Phi) is 3.89. The smallest absolute Gasteiger partial charge is 0.224 e. The molecule has 4 heteroatoms. The molecule has 1 saturated heterocycles. The second kappa shape index (κ2) is 4.75. The minimum Gasteiger partial charge on any atom is -0.353 e. The van der Waals surface area contributed by atoms with E-state index in [1.807, 2.05) is 13.8 Å². The van der Waals surface area contributed by atoms with Gasteiger partial charge in [0.1, 0.15) is 0 Å². The molecule has 80 valence electrons. The van der Waals surface area contributed by atoms with Crippen LogP contribution in [0.15, 0.2) is 0 Å². The third kappa shape index (κ3) is 3.64. The summed E-state index contributed by atoms with van der Waals surface area (Å²) in [6.07, 6.45) is 1.55. The van der Waals surface area contributed by atoms with Crippen LogP contribution in [-0.4, -0.2) is 30.9 Å². The van der Waals surface area contributed by atoms with Gasteiger partial charge in [0.15, 0.2) is 5.79 Å². The Labute approximate surface area is 85.0 Å². The standard InChI is InChI=1S/C10H17NO3/c1-8(11-9(2)12)4-5-10(3)13-6-7-14-10/h2,8H,4-7H2,1,3H3,(H,11,12). The van der Waals surface area contributed by atoms with E-state index in [1.54, 1.807) is 0 Å². The van der Waals surface area contributed by atoms with E-state index in [-0.39, 0.29) is 6.04 Å². The molecule has 0 aromatic heterocycles. The average molecular weight is 199 g/mol. The molecule has 0 saturated carbocycles. The van der Waals surface area contributed by atoms with E-state index < -0.39 is 11.7 Å². The Bertz CT molecular complexity index is 200. The van der Waals surface area contributed by atoms with Crippen molar-refractivity contribution in [1.29, 1.82) is 0 Å². The molecule has 0 aromatic rings. The first kappa shape index (κ1) is 11.5. The van der Waals surface area contributed by atoms with Crippen molar-refractivity contribution < 1.29 is 14.3 Å². The Morgan fingerprint density at radius 2 is 2.14 bits per heavy atom. The third-order valence-corrected chi connectivity index (χ3v) is 2.32. The summed E-state index contributed by atoms with van der Waals surface area (Å²) in [6.45, 7) is 10.1. The van der Waals surface area contributed by atoms with Crippen molar-refractivity contribution in [2.75, 3.05) is 13.2 Å². The molecule has 0 bridgehead atoms. The number of hydrogen-bond donors (Lipinski definition) is 1. The Morgan fingerprint density at radius 1 is 1.57 bits per heavy atom. The van der Waals surface area contributed by atoms with Crippen LogP contribution in [0.5, 0.6) is 0 Å². The lowest BCUT2D eigenvalue weighted by Gasteiger charge is -2.24. The molecular weight excluding hydrogens is 182 g/mol. The summed E-state index contributed by atoms with van der Waals surface area (Å²) in [5.74, 6) is -0.968. The van der Waals surface area contributed by atoms with Gasteiger partial charge in [-0.15, -0.1) is 0 Å². The number of hydrogen-bond acceptors (Lipinski definition) is 3. The predicted molar refractivity (Wildman–Crippen MR) is 51.4 cm³/mol. The van der Waals surface area contributed by atoms with Crippen molar-refractivity contribution in [2.24, 2.45) is 0 Å². The van der Waals surface area contributed by atoms with Gasteiger partial charge in [-0.25, -0.2) is 0 Å².